The monoisotopic (exact) mass is 581 g/mol. The molecular formula is C29H33F6N5O. The number of carbonyl (C=O) groups is 1. The summed E-state index contributed by atoms with van der Waals surface area (Å²) >= 11 is 0. The molecule has 0 aromatic heterocycles. The van der Waals surface area contributed by atoms with Crippen LogP contribution in [0.2, 0.25) is 0 Å². The average molecular weight is 582 g/mol. The maximum Gasteiger partial charge on any atom is 0.418 e. The second-order valence-electron chi connectivity index (χ2n) is 10.9. The van der Waals surface area contributed by atoms with Gasteiger partial charge in [0.05, 0.1) is 22.8 Å². The Balaban J connectivity index is 1.18. The number of carbonyl (C=O) groups excluding carboxylic acids is 1. The van der Waals surface area contributed by atoms with E-state index in [0.29, 0.717) is 49.6 Å². The summed E-state index contributed by atoms with van der Waals surface area (Å²) < 4.78 is 79.2. The fraction of sp³-hybridized carbons (Fsp3) is 0.517. The first-order valence-electron chi connectivity index (χ1n) is 13.7. The van der Waals surface area contributed by atoms with Crippen LogP contribution in [0.25, 0.3) is 0 Å². The van der Waals surface area contributed by atoms with Crippen molar-refractivity contribution in [2.24, 2.45) is 5.92 Å². The third-order valence-corrected chi connectivity index (χ3v) is 8.01. The topological polar surface area (TPSA) is 94.2 Å². The quantitative estimate of drug-likeness (QED) is 0.241. The van der Waals surface area contributed by atoms with E-state index in [2.05, 4.69) is 10.6 Å². The first-order chi connectivity index (χ1) is 19.3. The van der Waals surface area contributed by atoms with Crippen LogP contribution in [0.5, 0.6) is 0 Å². The van der Waals surface area contributed by atoms with Gasteiger partial charge in [0.1, 0.15) is 0 Å². The zero-order valence-corrected chi connectivity index (χ0v) is 22.4. The van der Waals surface area contributed by atoms with Crippen LogP contribution < -0.4 is 16.4 Å². The lowest BCUT2D eigenvalue weighted by atomic mass is 9.83. The van der Waals surface area contributed by atoms with Gasteiger partial charge in [-0.25, -0.2) is 0 Å². The van der Waals surface area contributed by atoms with Gasteiger partial charge in [-0.3, -0.25) is 4.79 Å². The molecule has 1 aliphatic carbocycles. The molecule has 1 aliphatic heterocycles. The average Bonchev–Trinajstić information content (AvgIpc) is 2.93. The van der Waals surface area contributed by atoms with Crippen LogP contribution >= 0.6 is 0 Å². The Bertz CT molecular complexity index is 1260. The van der Waals surface area contributed by atoms with Crippen molar-refractivity contribution in [3.63, 3.8) is 0 Å². The number of likely N-dealkylation sites (tertiary alicyclic amines) is 1. The van der Waals surface area contributed by atoms with Gasteiger partial charge in [-0.15, -0.1) is 0 Å². The molecule has 0 spiro atoms. The van der Waals surface area contributed by atoms with Crippen molar-refractivity contribution in [1.82, 2.24) is 4.90 Å². The standard InChI is InChI=1S/C29H33F6N5O/c30-28(31,32)24-15-22(7-4-19(24)17-36)39-21-11-13-40(14-12-21)27(41)10-3-18-1-5-20(6-2-18)38-23-8-9-26(37)25(16-23)29(33,34)35/h4,7-9,15-16,18,20-21,38-39H,1-3,5-6,10-14,37H2. The van der Waals surface area contributed by atoms with Gasteiger partial charge in [0, 0.05) is 48.7 Å². The Labute approximate surface area is 234 Å². The van der Waals surface area contributed by atoms with E-state index in [1.807, 2.05) is 0 Å². The molecule has 1 saturated heterocycles. The molecule has 2 aliphatic rings. The van der Waals surface area contributed by atoms with Gasteiger partial charge in [-0.05, 0) is 87.3 Å². The van der Waals surface area contributed by atoms with E-state index >= 15 is 0 Å². The number of hydrogen-bond donors (Lipinski definition) is 3. The van der Waals surface area contributed by atoms with E-state index in [-0.39, 0.29) is 23.7 Å². The first kappa shape index (κ1) is 30.3. The number of halogens is 6. The van der Waals surface area contributed by atoms with Crippen LogP contribution in [-0.2, 0) is 17.1 Å². The van der Waals surface area contributed by atoms with Crippen LogP contribution in [0.15, 0.2) is 36.4 Å². The summed E-state index contributed by atoms with van der Waals surface area (Å²) in [6.45, 7) is 1.02. The molecule has 1 saturated carbocycles. The van der Waals surface area contributed by atoms with Crippen molar-refractivity contribution >= 4 is 23.0 Å². The van der Waals surface area contributed by atoms with Gasteiger partial charge in [0.2, 0.25) is 5.91 Å². The summed E-state index contributed by atoms with van der Waals surface area (Å²) in [5, 5.41) is 15.3. The number of rotatable bonds is 7. The maximum absolute atomic E-state index is 13.2. The van der Waals surface area contributed by atoms with Gasteiger partial charge in [-0.1, -0.05) is 0 Å². The summed E-state index contributed by atoms with van der Waals surface area (Å²) in [4.78, 5) is 14.6. The minimum Gasteiger partial charge on any atom is -0.398 e. The highest BCUT2D eigenvalue weighted by atomic mass is 19.4. The lowest BCUT2D eigenvalue weighted by Crippen LogP contribution is -2.42. The Morgan fingerprint density at radius 2 is 1.39 bits per heavy atom. The normalized spacial score (nSPS) is 20.4. The summed E-state index contributed by atoms with van der Waals surface area (Å²) in [5.74, 6) is 0.426. The number of anilines is 3. The third kappa shape index (κ3) is 7.99. The summed E-state index contributed by atoms with van der Waals surface area (Å²) in [7, 11) is 0. The number of piperidine rings is 1. The Hall–Kier alpha value is -3.62. The molecule has 0 atom stereocenters. The van der Waals surface area contributed by atoms with E-state index < -0.39 is 29.0 Å². The van der Waals surface area contributed by atoms with E-state index in [0.717, 1.165) is 50.3 Å². The highest BCUT2D eigenvalue weighted by Gasteiger charge is 2.35. The molecule has 4 N–H and O–H groups in total. The molecule has 0 radical (unpaired) electrons. The van der Waals surface area contributed by atoms with Crippen LogP contribution in [-0.4, -0.2) is 36.0 Å². The van der Waals surface area contributed by atoms with Crippen LogP contribution in [0, 0.1) is 17.2 Å². The number of nitriles is 1. The minimum atomic E-state index is -4.62. The molecule has 2 fully saturated rings. The molecule has 1 heterocycles. The Kier molecular flexibility index (Phi) is 9.24. The van der Waals surface area contributed by atoms with Crippen LogP contribution in [0.4, 0.5) is 43.4 Å². The maximum atomic E-state index is 13.2. The highest BCUT2D eigenvalue weighted by Crippen LogP contribution is 2.37. The molecule has 0 unspecified atom stereocenters. The molecule has 1 amide bonds. The second kappa shape index (κ2) is 12.5. The van der Waals surface area contributed by atoms with Gasteiger partial charge in [-0.2, -0.15) is 31.6 Å². The van der Waals surface area contributed by atoms with E-state index in [1.165, 1.54) is 12.1 Å². The number of nitrogens with zero attached hydrogens (tertiary/aromatic N) is 2. The zero-order valence-electron chi connectivity index (χ0n) is 22.4. The fourth-order valence-corrected chi connectivity index (χ4v) is 5.68. The largest absolute Gasteiger partial charge is 0.418 e. The molecule has 6 nitrogen and oxygen atoms in total. The minimum absolute atomic E-state index is 0.0569. The van der Waals surface area contributed by atoms with Crippen molar-refractivity contribution < 1.29 is 31.1 Å². The Morgan fingerprint density at radius 1 is 0.854 bits per heavy atom. The van der Waals surface area contributed by atoms with Gasteiger partial charge in [0.25, 0.3) is 0 Å². The van der Waals surface area contributed by atoms with Crippen molar-refractivity contribution in [1.29, 1.82) is 5.26 Å². The number of nitrogen functional groups attached to an aromatic ring is 1. The predicted octanol–water partition coefficient (Wildman–Crippen LogP) is 7.03. The smallest absolute Gasteiger partial charge is 0.398 e. The van der Waals surface area contributed by atoms with Crippen molar-refractivity contribution in [3.05, 3.63) is 53.1 Å². The first-order valence-corrected chi connectivity index (χ1v) is 13.7. The number of amides is 1. The fourth-order valence-electron chi connectivity index (χ4n) is 5.68. The van der Waals surface area contributed by atoms with Gasteiger partial charge < -0.3 is 21.3 Å². The molecule has 0 bridgehead atoms. The van der Waals surface area contributed by atoms with Crippen molar-refractivity contribution in [3.8, 4) is 6.07 Å². The molecule has 41 heavy (non-hydrogen) atoms. The Morgan fingerprint density at radius 3 is 1.95 bits per heavy atom. The molecule has 12 heteroatoms. The molecule has 2 aromatic rings. The van der Waals surface area contributed by atoms with Crippen molar-refractivity contribution in [2.75, 3.05) is 29.5 Å². The highest BCUT2D eigenvalue weighted by molar-refractivity contribution is 5.76. The van der Waals surface area contributed by atoms with Crippen LogP contribution in [0.1, 0.15) is 68.1 Å². The van der Waals surface area contributed by atoms with Gasteiger partial charge in [0.15, 0.2) is 0 Å². The number of alkyl halides is 6. The number of nitrogens with one attached hydrogen (secondary N) is 2. The molecule has 222 valence electrons. The third-order valence-electron chi connectivity index (χ3n) is 8.01. The lowest BCUT2D eigenvalue weighted by Gasteiger charge is -2.34. The van der Waals surface area contributed by atoms with Gasteiger partial charge >= 0.3 is 12.4 Å². The van der Waals surface area contributed by atoms with E-state index in [9.17, 15) is 31.1 Å². The summed E-state index contributed by atoms with van der Waals surface area (Å²) in [5.41, 5.74) is 3.62. The summed E-state index contributed by atoms with van der Waals surface area (Å²) in [6.07, 6.45) is -3.41. The van der Waals surface area contributed by atoms with E-state index in [4.69, 9.17) is 11.0 Å². The van der Waals surface area contributed by atoms with E-state index in [1.54, 1.807) is 17.0 Å². The molecule has 2 aromatic carbocycles. The van der Waals surface area contributed by atoms with Crippen LogP contribution in [0.3, 0.4) is 0 Å². The zero-order chi connectivity index (χ0) is 29.8. The number of benzene rings is 2. The number of nitrogens with two attached hydrogens (primary N) is 1. The predicted molar refractivity (Wildman–Crippen MR) is 144 cm³/mol. The molecule has 4 rings (SSSR count). The SMILES string of the molecule is N#Cc1ccc(NC2CCN(C(=O)CCC3CCC(Nc4ccc(N)c(C(F)(F)F)c4)CC3)CC2)cc1C(F)(F)F. The molecular weight excluding hydrogens is 548 g/mol. The summed E-state index contributed by atoms with van der Waals surface area (Å²) in [6, 6.07) is 8.99. The number of hydrogen-bond acceptors (Lipinski definition) is 5. The lowest BCUT2D eigenvalue weighted by molar-refractivity contribution is -0.138. The second-order valence-corrected chi connectivity index (χ2v) is 10.9. The van der Waals surface area contributed by atoms with Crippen molar-refractivity contribution in [2.45, 2.75) is 75.8 Å².